The van der Waals surface area contributed by atoms with Crippen LogP contribution in [0.4, 0.5) is 0 Å². The molecule has 0 saturated heterocycles. The van der Waals surface area contributed by atoms with Gasteiger partial charge in [-0.2, -0.15) is 0 Å². The van der Waals surface area contributed by atoms with Crippen LogP contribution in [0.3, 0.4) is 0 Å². The van der Waals surface area contributed by atoms with Crippen LogP contribution >= 0.6 is 0 Å². The molecule has 0 aromatic rings. The lowest BCUT2D eigenvalue weighted by molar-refractivity contribution is -0.167. The maximum Gasteiger partial charge on any atom is 0.306 e. The fourth-order valence-electron chi connectivity index (χ4n) is 9.24. The van der Waals surface area contributed by atoms with Gasteiger partial charge in [0.1, 0.15) is 13.2 Å². The monoisotopic (exact) mass is 1100 g/mol. The average molecular weight is 1100 g/mol. The van der Waals surface area contributed by atoms with Gasteiger partial charge in [-0.1, -0.05) is 278 Å². The van der Waals surface area contributed by atoms with Gasteiger partial charge in [-0.3, -0.25) is 14.4 Å². The Balaban J connectivity index is 4.39. The molecule has 0 aromatic heterocycles. The maximum absolute atomic E-state index is 12.9. The molecule has 0 spiro atoms. The number of allylic oxidation sites excluding steroid dienone is 18. The standard InChI is InChI=1S/C73H124O6/c1-4-7-10-13-16-19-22-25-28-31-33-34-35-36-37-38-40-42-45-48-51-54-57-60-63-66-72(75)78-69-70(68-77-71(74)65-62-59-56-53-50-47-44-41-30-27-24-21-18-15-12-9-6-3)79-73(76)67-64-61-58-55-52-49-46-43-39-32-29-26-23-20-17-14-11-8-5-2/h7,10,16-21,25-30,33-34,36-37,70H,4-6,8-9,11-15,22-24,31-32,35,38-69H2,1-3H3/b10-7-,19-16-,20-17-,21-18-,28-25-,29-26-,30-27-,34-33-,37-36-. The molecule has 0 saturated carbocycles. The Morgan fingerprint density at radius 1 is 0.266 bits per heavy atom. The summed E-state index contributed by atoms with van der Waals surface area (Å²) in [5.41, 5.74) is 0. The molecule has 0 aliphatic heterocycles. The molecule has 0 amide bonds. The van der Waals surface area contributed by atoms with Gasteiger partial charge < -0.3 is 14.2 Å². The predicted octanol–water partition coefficient (Wildman–Crippen LogP) is 23.0. The fourth-order valence-corrected chi connectivity index (χ4v) is 9.24. The van der Waals surface area contributed by atoms with E-state index >= 15 is 0 Å². The van der Waals surface area contributed by atoms with Crippen LogP contribution in [0.2, 0.25) is 0 Å². The van der Waals surface area contributed by atoms with Gasteiger partial charge in [0, 0.05) is 19.3 Å². The maximum atomic E-state index is 12.9. The summed E-state index contributed by atoms with van der Waals surface area (Å²) in [5.74, 6) is -0.893. The van der Waals surface area contributed by atoms with Crippen molar-refractivity contribution >= 4 is 17.9 Å². The molecule has 0 bridgehead atoms. The van der Waals surface area contributed by atoms with E-state index in [2.05, 4.69) is 130 Å². The Kier molecular flexibility index (Phi) is 63.3. The van der Waals surface area contributed by atoms with Gasteiger partial charge in [0.15, 0.2) is 6.10 Å². The molecule has 6 nitrogen and oxygen atoms in total. The van der Waals surface area contributed by atoms with E-state index in [1.807, 2.05) is 0 Å². The van der Waals surface area contributed by atoms with E-state index in [0.29, 0.717) is 19.3 Å². The smallest absolute Gasteiger partial charge is 0.306 e. The van der Waals surface area contributed by atoms with Crippen molar-refractivity contribution < 1.29 is 28.6 Å². The third-order valence-electron chi connectivity index (χ3n) is 14.2. The summed E-state index contributed by atoms with van der Waals surface area (Å²) in [4.78, 5) is 38.4. The van der Waals surface area contributed by atoms with Crippen LogP contribution in [0.15, 0.2) is 109 Å². The predicted molar refractivity (Wildman–Crippen MR) is 343 cm³/mol. The first-order valence-corrected chi connectivity index (χ1v) is 33.4. The van der Waals surface area contributed by atoms with Crippen LogP contribution in [0, 0.1) is 0 Å². The highest BCUT2D eigenvalue weighted by Gasteiger charge is 2.19. The van der Waals surface area contributed by atoms with Gasteiger partial charge in [0.25, 0.3) is 0 Å². The van der Waals surface area contributed by atoms with E-state index in [1.165, 1.54) is 161 Å². The van der Waals surface area contributed by atoms with Crippen molar-refractivity contribution in [3.05, 3.63) is 109 Å². The average Bonchev–Trinajstić information content (AvgIpc) is 3.45. The van der Waals surface area contributed by atoms with E-state index < -0.39 is 6.10 Å². The summed E-state index contributed by atoms with van der Waals surface area (Å²) in [5, 5.41) is 0. The molecule has 452 valence electrons. The second-order valence-corrected chi connectivity index (χ2v) is 22.0. The normalized spacial score (nSPS) is 12.8. The third kappa shape index (κ3) is 64.8. The van der Waals surface area contributed by atoms with Gasteiger partial charge in [-0.25, -0.2) is 0 Å². The summed E-state index contributed by atoms with van der Waals surface area (Å²) in [6, 6.07) is 0. The van der Waals surface area contributed by atoms with Crippen LogP contribution in [-0.4, -0.2) is 37.2 Å². The minimum atomic E-state index is -0.790. The van der Waals surface area contributed by atoms with Crippen molar-refractivity contribution in [3.8, 4) is 0 Å². The molecule has 0 aliphatic carbocycles. The molecule has 1 unspecified atom stereocenters. The van der Waals surface area contributed by atoms with Gasteiger partial charge in [0.2, 0.25) is 0 Å². The second kappa shape index (κ2) is 66.6. The van der Waals surface area contributed by atoms with E-state index in [-0.39, 0.29) is 31.1 Å². The Labute approximate surface area is 489 Å². The van der Waals surface area contributed by atoms with Gasteiger partial charge >= 0.3 is 17.9 Å². The highest BCUT2D eigenvalue weighted by atomic mass is 16.6. The van der Waals surface area contributed by atoms with E-state index in [9.17, 15) is 14.4 Å². The lowest BCUT2D eigenvalue weighted by Gasteiger charge is -2.18. The number of unbranched alkanes of at least 4 members (excludes halogenated alkanes) is 31. The SMILES string of the molecule is CC/C=C\C/C=C\C/C=C\C/C=C\C/C=C\CCCCCCCCCCCC(=O)OCC(COC(=O)CCCCCCCCC/C=C\C/C=C\CCCCC)OC(=O)CCCCCCCCCCC/C=C\C/C=C\CCCCC. The largest absolute Gasteiger partial charge is 0.462 e. The quantitative estimate of drug-likeness (QED) is 0.0261. The van der Waals surface area contributed by atoms with Crippen LogP contribution < -0.4 is 0 Å². The second-order valence-electron chi connectivity index (χ2n) is 22.0. The number of rotatable bonds is 60. The first-order valence-electron chi connectivity index (χ1n) is 33.4. The molecule has 0 radical (unpaired) electrons. The van der Waals surface area contributed by atoms with Crippen LogP contribution in [-0.2, 0) is 28.6 Å². The van der Waals surface area contributed by atoms with Crippen LogP contribution in [0.25, 0.3) is 0 Å². The molecule has 79 heavy (non-hydrogen) atoms. The first kappa shape index (κ1) is 75.1. The van der Waals surface area contributed by atoms with Crippen molar-refractivity contribution in [2.75, 3.05) is 13.2 Å². The number of hydrogen-bond donors (Lipinski definition) is 0. The van der Waals surface area contributed by atoms with E-state index in [1.54, 1.807) is 0 Å². The summed E-state index contributed by atoms with van der Waals surface area (Å²) < 4.78 is 17.0. The van der Waals surface area contributed by atoms with Crippen molar-refractivity contribution in [1.29, 1.82) is 0 Å². The minimum absolute atomic E-state index is 0.0856. The highest BCUT2D eigenvalue weighted by molar-refractivity contribution is 5.71. The number of carbonyl (C=O) groups excluding carboxylic acids is 3. The van der Waals surface area contributed by atoms with Crippen molar-refractivity contribution in [2.45, 2.75) is 322 Å². The van der Waals surface area contributed by atoms with E-state index in [0.717, 1.165) is 116 Å². The first-order chi connectivity index (χ1) is 39.0. The Hall–Kier alpha value is -3.93. The Morgan fingerprint density at radius 3 is 0.772 bits per heavy atom. The zero-order valence-electron chi connectivity index (χ0n) is 51.9. The minimum Gasteiger partial charge on any atom is -0.462 e. The molecule has 0 fully saturated rings. The van der Waals surface area contributed by atoms with E-state index in [4.69, 9.17) is 14.2 Å². The number of carbonyl (C=O) groups is 3. The molecule has 0 N–H and O–H groups in total. The van der Waals surface area contributed by atoms with Gasteiger partial charge in [-0.05, 0) is 128 Å². The van der Waals surface area contributed by atoms with Gasteiger partial charge in [-0.15, -0.1) is 0 Å². The molecule has 0 aliphatic rings. The molecular formula is C73H124O6. The molecular weight excluding hydrogens is 973 g/mol. The molecule has 0 rings (SSSR count). The molecule has 1 atom stereocenters. The topological polar surface area (TPSA) is 78.9 Å². The van der Waals surface area contributed by atoms with Crippen molar-refractivity contribution in [3.63, 3.8) is 0 Å². The van der Waals surface area contributed by atoms with Crippen molar-refractivity contribution in [2.24, 2.45) is 0 Å². The molecule has 0 aromatic carbocycles. The molecule has 6 heteroatoms. The summed E-state index contributed by atoms with van der Waals surface area (Å²) in [6.07, 6.45) is 90.9. The lowest BCUT2D eigenvalue weighted by atomic mass is 10.1. The fraction of sp³-hybridized carbons (Fsp3) is 0.712. The zero-order valence-corrected chi connectivity index (χ0v) is 51.9. The zero-order chi connectivity index (χ0) is 57.1. The molecule has 0 heterocycles. The van der Waals surface area contributed by atoms with Crippen LogP contribution in [0.5, 0.6) is 0 Å². The highest BCUT2D eigenvalue weighted by Crippen LogP contribution is 2.16. The van der Waals surface area contributed by atoms with Crippen LogP contribution in [0.1, 0.15) is 316 Å². The lowest BCUT2D eigenvalue weighted by Crippen LogP contribution is -2.30. The Bertz CT molecular complexity index is 1590. The third-order valence-corrected chi connectivity index (χ3v) is 14.2. The van der Waals surface area contributed by atoms with Gasteiger partial charge in [0.05, 0.1) is 0 Å². The Morgan fingerprint density at radius 2 is 0.494 bits per heavy atom. The number of hydrogen-bond acceptors (Lipinski definition) is 6. The van der Waals surface area contributed by atoms with Crippen molar-refractivity contribution in [1.82, 2.24) is 0 Å². The summed E-state index contributed by atoms with van der Waals surface area (Å²) in [7, 11) is 0. The number of ether oxygens (including phenoxy) is 3. The number of esters is 3. The summed E-state index contributed by atoms with van der Waals surface area (Å²) in [6.45, 7) is 6.49. The summed E-state index contributed by atoms with van der Waals surface area (Å²) >= 11 is 0.